The van der Waals surface area contributed by atoms with Crippen LogP contribution in [0.4, 0.5) is 51.2 Å². The number of hydrogen-bond donors (Lipinski definition) is 0. The predicted octanol–water partition coefficient (Wildman–Crippen LogP) is 38.2. The highest BCUT2D eigenvalue weighted by molar-refractivity contribution is 7.27. The normalized spacial score (nSPS) is 11.8. The number of benzene rings is 25. The average molecular weight is 1750 g/mol. The van der Waals surface area contributed by atoms with E-state index < -0.39 is 0 Å². The van der Waals surface area contributed by atoms with Crippen molar-refractivity contribution in [1.29, 1.82) is 0 Å². The maximum Gasteiger partial charge on any atom is 0.0540 e. The molecule has 0 N–H and O–H groups in total. The zero-order valence-electron chi connectivity index (χ0n) is 72.6. The van der Waals surface area contributed by atoms with Crippen LogP contribution >= 0.6 is 34.0 Å². The Balaban J connectivity index is 0.000000105. The molecule has 3 nitrogen and oxygen atoms in total. The lowest BCUT2D eigenvalue weighted by Crippen LogP contribution is -2.10. The lowest BCUT2D eigenvalue weighted by atomic mass is 9.93. The third kappa shape index (κ3) is 13.3. The van der Waals surface area contributed by atoms with E-state index in [0.29, 0.717) is 0 Å². The highest BCUT2D eigenvalue weighted by Crippen LogP contribution is 2.52. The fourth-order valence-corrected chi connectivity index (χ4v) is 24.8. The summed E-state index contributed by atoms with van der Waals surface area (Å²) in [5.41, 5.74) is 21.6. The summed E-state index contributed by atoms with van der Waals surface area (Å²) in [7, 11) is 0. The first-order valence-electron chi connectivity index (χ1n) is 45.6. The quantitative estimate of drug-likeness (QED) is 0.107. The Hall–Kier alpha value is -16.3. The van der Waals surface area contributed by atoms with E-state index in [2.05, 4.69) is 495 Å². The van der Waals surface area contributed by atoms with Crippen LogP contribution in [0.25, 0.3) is 202 Å². The zero-order valence-corrected chi connectivity index (χ0v) is 75.0. The van der Waals surface area contributed by atoms with Crippen molar-refractivity contribution in [2.45, 2.75) is 6.92 Å². The summed E-state index contributed by atoms with van der Waals surface area (Å²) in [5, 5.41) is 31.3. The number of anilines is 9. The summed E-state index contributed by atoms with van der Waals surface area (Å²) in [4.78, 5) is 7.24. The topological polar surface area (TPSA) is 9.72 Å². The van der Waals surface area contributed by atoms with Crippen LogP contribution in [0, 0.1) is 6.92 Å². The standard InChI is InChI=1S/C46H29NS.C41H27NS.C40H25NS/c1-2-8-30(9-3-1)31-18-24-36(25-19-31)47(42-29-23-35-17-16-33-10-6-11-34-22-28-41(42)45(35)44(33)34)37-26-20-32(21-27-37)38-13-7-14-40-39-12-4-5-15-43(39)48-46(38)40;1-26-7-4-10-32(25-26)42(37-24-20-30-16-15-28-8-5-9-29-19-23-36(37)40(30)39(28)29)31-21-17-27(18-22-31)33-12-6-13-35-34-11-2-3-14-38(34)43-41(33)35;1-2-10-30(11-3-1)41(36-25-21-29-17-16-27-8-6-9-28-20-24-35(36)39(29)38(27)28)31-22-18-26(19-23-31)32-13-7-14-34-33-12-4-5-15-37(33)42-40(32)34/h1-29H;2-25H,1H3;1-25H. The van der Waals surface area contributed by atoms with Crippen LogP contribution in [0.15, 0.2) is 473 Å². The number of nitrogens with zero attached hydrogens (tertiary/aromatic N) is 3. The molecule has 0 saturated heterocycles. The van der Waals surface area contributed by atoms with Crippen molar-refractivity contribution in [3.63, 3.8) is 0 Å². The molecule has 6 heteroatoms. The molecule has 622 valence electrons. The Kier molecular flexibility index (Phi) is 18.8. The lowest BCUT2D eigenvalue weighted by Gasteiger charge is -2.28. The van der Waals surface area contributed by atoms with Gasteiger partial charge >= 0.3 is 0 Å². The molecule has 28 aromatic rings. The number of thiophene rings is 3. The predicted molar refractivity (Wildman–Crippen MR) is 580 cm³/mol. The minimum atomic E-state index is 1.13. The molecular weight excluding hydrogens is 1660 g/mol. The van der Waals surface area contributed by atoms with Crippen molar-refractivity contribution in [3.05, 3.63) is 479 Å². The molecule has 25 aromatic carbocycles. The smallest absolute Gasteiger partial charge is 0.0540 e. The van der Waals surface area contributed by atoms with E-state index in [-0.39, 0.29) is 0 Å². The van der Waals surface area contributed by atoms with Gasteiger partial charge in [-0.2, -0.15) is 0 Å². The fourth-order valence-electron chi connectivity index (χ4n) is 21.1. The molecular formula is C127H81N3S3. The molecule has 0 aliphatic carbocycles. The van der Waals surface area contributed by atoms with Crippen molar-refractivity contribution in [1.82, 2.24) is 0 Å². The Morgan fingerprint density at radius 2 is 0.406 bits per heavy atom. The summed E-state index contributed by atoms with van der Waals surface area (Å²) in [6, 6.07) is 173. The van der Waals surface area contributed by atoms with Gasteiger partial charge in [-0.1, -0.05) is 364 Å². The summed E-state index contributed by atoms with van der Waals surface area (Å²) in [5.74, 6) is 0. The van der Waals surface area contributed by atoms with Gasteiger partial charge in [-0.25, -0.2) is 0 Å². The third-order valence-corrected chi connectivity index (χ3v) is 30.9. The van der Waals surface area contributed by atoms with Crippen LogP contribution in [0.1, 0.15) is 5.56 Å². The zero-order chi connectivity index (χ0) is 87.7. The van der Waals surface area contributed by atoms with E-state index in [0.717, 1.165) is 34.1 Å². The van der Waals surface area contributed by atoms with E-state index >= 15 is 0 Å². The molecule has 3 heterocycles. The van der Waals surface area contributed by atoms with Gasteiger partial charge in [0.1, 0.15) is 0 Å². The summed E-state index contributed by atoms with van der Waals surface area (Å²) in [6.45, 7) is 2.17. The second kappa shape index (κ2) is 32.1. The lowest BCUT2D eigenvalue weighted by molar-refractivity contribution is 1.28. The number of rotatable bonds is 13. The van der Waals surface area contributed by atoms with Crippen molar-refractivity contribution < 1.29 is 0 Å². The number of hydrogen-bond acceptors (Lipinski definition) is 6. The monoisotopic (exact) mass is 1740 g/mol. The first-order valence-corrected chi connectivity index (χ1v) is 48.0. The number of para-hydroxylation sites is 1. The van der Waals surface area contributed by atoms with Crippen LogP contribution in [-0.4, -0.2) is 0 Å². The van der Waals surface area contributed by atoms with E-state index in [4.69, 9.17) is 0 Å². The van der Waals surface area contributed by atoms with Gasteiger partial charge in [0.2, 0.25) is 0 Å². The van der Waals surface area contributed by atoms with E-state index in [9.17, 15) is 0 Å². The molecule has 0 saturated carbocycles. The van der Waals surface area contributed by atoms with Crippen molar-refractivity contribution in [2.75, 3.05) is 14.7 Å². The first-order chi connectivity index (χ1) is 65.9. The van der Waals surface area contributed by atoms with Crippen LogP contribution in [0.5, 0.6) is 0 Å². The first kappa shape index (κ1) is 77.8. The summed E-state index contributed by atoms with van der Waals surface area (Å²) >= 11 is 5.65. The molecule has 0 bridgehead atoms. The van der Waals surface area contributed by atoms with Crippen molar-refractivity contribution in [2.24, 2.45) is 0 Å². The second-order valence-electron chi connectivity index (χ2n) is 34.9. The largest absolute Gasteiger partial charge is 0.310 e. The fraction of sp³-hybridized carbons (Fsp3) is 0.00787. The van der Waals surface area contributed by atoms with Crippen LogP contribution in [0.3, 0.4) is 0 Å². The molecule has 0 aliphatic heterocycles. The van der Waals surface area contributed by atoms with Gasteiger partial charge in [0.15, 0.2) is 0 Å². The number of aryl methyl sites for hydroxylation is 1. The molecule has 28 rings (SSSR count). The average Bonchev–Trinajstić information content (AvgIpc) is 1.54. The van der Waals surface area contributed by atoms with Gasteiger partial charge in [0.05, 0.1) is 17.1 Å². The van der Waals surface area contributed by atoms with Gasteiger partial charge in [-0.3, -0.25) is 0 Å². The Morgan fingerprint density at radius 3 is 0.752 bits per heavy atom. The highest BCUT2D eigenvalue weighted by atomic mass is 32.1. The van der Waals surface area contributed by atoms with E-state index in [1.54, 1.807) is 0 Å². The number of fused-ring (bicyclic) bond motifs is 9. The molecule has 0 amide bonds. The minimum absolute atomic E-state index is 1.13. The Labute approximate surface area is 781 Å². The maximum absolute atomic E-state index is 2.42. The minimum Gasteiger partial charge on any atom is -0.310 e. The van der Waals surface area contributed by atoms with E-state index in [1.165, 1.54) is 225 Å². The van der Waals surface area contributed by atoms with Crippen molar-refractivity contribution in [3.8, 4) is 44.5 Å². The molecule has 0 atom stereocenters. The molecule has 3 aromatic heterocycles. The van der Waals surface area contributed by atoms with Crippen molar-refractivity contribution >= 4 is 243 Å². The van der Waals surface area contributed by atoms with E-state index in [1.807, 2.05) is 34.0 Å². The summed E-state index contributed by atoms with van der Waals surface area (Å²) in [6.07, 6.45) is 0. The van der Waals surface area contributed by atoms with Gasteiger partial charge in [-0.05, 0) is 247 Å². The SMILES string of the molecule is Cc1cccc(N(c2ccc(-c3cccc4c3sc3ccccc34)cc2)c2ccc3ccc4cccc5ccc2c3c45)c1.c1ccc(-c2ccc(N(c3ccc(-c4cccc5c4sc4ccccc45)cc3)c3ccc4ccc5cccc6ccc3c4c56)cc2)cc1.c1ccc(N(c2ccc(-c3cccc4c3sc3ccccc34)cc2)c2ccc3ccc4cccc5ccc2c3c45)cc1. The Bertz CT molecular complexity index is 9290. The highest BCUT2D eigenvalue weighted by Gasteiger charge is 2.25. The third-order valence-electron chi connectivity index (χ3n) is 27.3. The molecule has 0 aliphatic rings. The molecule has 0 radical (unpaired) electrons. The molecule has 133 heavy (non-hydrogen) atoms. The van der Waals surface area contributed by atoms with Crippen LogP contribution in [-0.2, 0) is 0 Å². The second-order valence-corrected chi connectivity index (χ2v) is 38.1. The van der Waals surface area contributed by atoms with Crippen LogP contribution in [0.2, 0.25) is 0 Å². The van der Waals surface area contributed by atoms with Gasteiger partial charge in [0.25, 0.3) is 0 Å². The summed E-state index contributed by atoms with van der Waals surface area (Å²) < 4.78 is 8.03. The van der Waals surface area contributed by atoms with Crippen LogP contribution < -0.4 is 14.7 Å². The molecule has 0 spiro atoms. The molecule has 0 unspecified atom stereocenters. The maximum atomic E-state index is 2.42. The van der Waals surface area contributed by atoms with Gasteiger partial charge < -0.3 is 14.7 Å². The van der Waals surface area contributed by atoms with Gasteiger partial charge in [-0.15, -0.1) is 34.0 Å². The van der Waals surface area contributed by atoms with Gasteiger partial charge in [0, 0.05) is 111 Å². The molecule has 0 fully saturated rings. The Morgan fingerprint density at radius 1 is 0.158 bits per heavy atom.